The van der Waals surface area contributed by atoms with Crippen LogP contribution in [0.5, 0.6) is 0 Å². The van der Waals surface area contributed by atoms with Crippen molar-refractivity contribution in [2.75, 3.05) is 11.4 Å². The molecule has 0 saturated heterocycles. The van der Waals surface area contributed by atoms with Gasteiger partial charge in [0.15, 0.2) is 11.2 Å². The van der Waals surface area contributed by atoms with Gasteiger partial charge < -0.3 is 9.47 Å². The SMILES string of the molecule is Cc1cccc(Cn2c(=O)c3c(nc4n3CCN4c3ccc(Br)cc3)n(C)c2=O)c1. The number of hydrogen-bond acceptors (Lipinski definition) is 4. The zero-order valence-corrected chi connectivity index (χ0v) is 18.3. The number of fused-ring (bicyclic) bond motifs is 3. The molecule has 0 spiro atoms. The molecule has 0 saturated carbocycles. The number of aromatic nitrogens is 4. The summed E-state index contributed by atoms with van der Waals surface area (Å²) < 4.78 is 5.69. The molecule has 2 aromatic carbocycles. The Labute approximate surface area is 180 Å². The van der Waals surface area contributed by atoms with E-state index in [-0.39, 0.29) is 17.8 Å². The molecule has 0 fully saturated rings. The van der Waals surface area contributed by atoms with Crippen LogP contribution in [-0.4, -0.2) is 25.2 Å². The normalized spacial score (nSPS) is 13.2. The molecule has 5 rings (SSSR count). The van der Waals surface area contributed by atoms with Crippen molar-refractivity contribution in [3.05, 3.63) is 85.0 Å². The number of anilines is 2. The molecule has 7 nitrogen and oxygen atoms in total. The lowest BCUT2D eigenvalue weighted by Crippen LogP contribution is -2.40. The third-order valence-corrected chi connectivity index (χ3v) is 6.09. The van der Waals surface area contributed by atoms with E-state index in [0.717, 1.165) is 27.8 Å². The van der Waals surface area contributed by atoms with Crippen molar-refractivity contribution in [2.45, 2.75) is 20.0 Å². The summed E-state index contributed by atoms with van der Waals surface area (Å²) in [5.74, 6) is 0.688. The predicted octanol–water partition coefficient (Wildman–Crippen LogP) is 3.17. The topological polar surface area (TPSA) is 65.1 Å². The molecule has 152 valence electrons. The first-order valence-corrected chi connectivity index (χ1v) is 10.5. The van der Waals surface area contributed by atoms with Crippen molar-refractivity contribution in [3.8, 4) is 0 Å². The van der Waals surface area contributed by atoms with E-state index in [9.17, 15) is 9.59 Å². The largest absolute Gasteiger partial charge is 0.332 e. The number of rotatable bonds is 3. The Balaban J connectivity index is 1.67. The summed E-state index contributed by atoms with van der Waals surface area (Å²) in [5, 5.41) is 0. The fourth-order valence-electron chi connectivity index (χ4n) is 4.08. The molecule has 30 heavy (non-hydrogen) atoms. The summed E-state index contributed by atoms with van der Waals surface area (Å²) >= 11 is 3.46. The Morgan fingerprint density at radius 1 is 1.07 bits per heavy atom. The van der Waals surface area contributed by atoms with E-state index in [1.807, 2.05) is 60.0 Å². The molecular weight excluding hydrogens is 446 g/mol. The van der Waals surface area contributed by atoms with E-state index in [1.54, 1.807) is 7.05 Å². The molecule has 4 aromatic rings. The van der Waals surface area contributed by atoms with E-state index in [2.05, 4.69) is 25.8 Å². The maximum absolute atomic E-state index is 13.4. The molecule has 1 aliphatic heterocycles. The minimum absolute atomic E-state index is 0.236. The van der Waals surface area contributed by atoms with Gasteiger partial charge in [0.05, 0.1) is 6.54 Å². The molecule has 0 atom stereocenters. The Kier molecular flexibility index (Phi) is 4.39. The first-order valence-electron chi connectivity index (χ1n) is 9.73. The fourth-order valence-corrected chi connectivity index (χ4v) is 4.34. The van der Waals surface area contributed by atoms with Crippen LogP contribution in [0.25, 0.3) is 11.2 Å². The monoisotopic (exact) mass is 465 g/mol. The lowest BCUT2D eigenvalue weighted by Gasteiger charge is -2.15. The van der Waals surface area contributed by atoms with Gasteiger partial charge in [-0.15, -0.1) is 0 Å². The van der Waals surface area contributed by atoms with Gasteiger partial charge in [-0.3, -0.25) is 13.9 Å². The van der Waals surface area contributed by atoms with Crippen molar-refractivity contribution in [2.24, 2.45) is 7.05 Å². The minimum Gasteiger partial charge on any atom is -0.310 e. The number of nitrogens with zero attached hydrogens (tertiary/aromatic N) is 5. The van der Waals surface area contributed by atoms with Gasteiger partial charge in [-0.25, -0.2) is 4.79 Å². The van der Waals surface area contributed by atoms with Crippen molar-refractivity contribution in [1.29, 1.82) is 0 Å². The van der Waals surface area contributed by atoms with Crippen molar-refractivity contribution in [1.82, 2.24) is 18.7 Å². The molecule has 3 heterocycles. The highest BCUT2D eigenvalue weighted by Gasteiger charge is 2.28. The maximum atomic E-state index is 13.4. The van der Waals surface area contributed by atoms with Crippen LogP contribution in [0.1, 0.15) is 11.1 Å². The molecule has 2 aromatic heterocycles. The first-order chi connectivity index (χ1) is 14.4. The van der Waals surface area contributed by atoms with E-state index in [4.69, 9.17) is 0 Å². The van der Waals surface area contributed by atoms with Crippen LogP contribution in [-0.2, 0) is 20.1 Å². The van der Waals surface area contributed by atoms with Crippen LogP contribution in [0, 0.1) is 6.92 Å². The highest BCUT2D eigenvalue weighted by atomic mass is 79.9. The van der Waals surface area contributed by atoms with E-state index in [1.165, 1.54) is 9.13 Å². The molecule has 0 aliphatic carbocycles. The van der Waals surface area contributed by atoms with Gasteiger partial charge in [0, 0.05) is 30.3 Å². The lowest BCUT2D eigenvalue weighted by atomic mass is 10.1. The summed E-state index contributed by atoms with van der Waals surface area (Å²) in [5.41, 5.74) is 3.24. The third-order valence-electron chi connectivity index (χ3n) is 5.56. The van der Waals surface area contributed by atoms with Crippen molar-refractivity contribution >= 4 is 38.7 Å². The zero-order valence-electron chi connectivity index (χ0n) is 16.7. The van der Waals surface area contributed by atoms with E-state index in [0.29, 0.717) is 23.7 Å². The molecular formula is C22H20BrN5O2. The highest BCUT2D eigenvalue weighted by molar-refractivity contribution is 9.10. The van der Waals surface area contributed by atoms with Gasteiger partial charge in [-0.1, -0.05) is 45.8 Å². The molecule has 0 amide bonds. The van der Waals surface area contributed by atoms with Gasteiger partial charge >= 0.3 is 5.69 Å². The smallest absolute Gasteiger partial charge is 0.310 e. The van der Waals surface area contributed by atoms with Crippen molar-refractivity contribution in [3.63, 3.8) is 0 Å². The summed E-state index contributed by atoms with van der Waals surface area (Å²) in [6, 6.07) is 15.8. The Bertz CT molecular complexity index is 1400. The van der Waals surface area contributed by atoms with Crippen molar-refractivity contribution < 1.29 is 0 Å². The number of imidazole rings is 1. The van der Waals surface area contributed by atoms with Crippen LogP contribution in [0.4, 0.5) is 11.6 Å². The minimum atomic E-state index is -0.360. The van der Waals surface area contributed by atoms with Gasteiger partial charge in [-0.2, -0.15) is 4.98 Å². The Hall–Kier alpha value is -3.13. The summed E-state index contributed by atoms with van der Waals surface area (Å²) in [4.78, 5) is 33.1. The maximum Gasteiger partial charge on any atom is 0.332 e. The first kappa shape index (κ1) is 18.9. The lowest BCUT2D eigenvalue weighted by molar-refractivity contribution is 0.652. The molecule has 0 N–H and O–H groups in total. The number of halogens is 1. The molecule has 0 unspecified atom stereocenters. The second-order valence-corrected chi connectivity index (χ2v) is 8.50. The summed E-state index contributed by atoms with van der Waals surface area (Å²) in [6.07, 6.45) is 0. The summed E-state index contributed by atoms with van der Waals surface area (Å²) in [7, 11) is 1.67. The molecule has 8 heteroatoms. The Morgan fingerprint density at radius 2 is 1.83 bits per heavy atom. The highest BCUT2D eigenvalue weighted by Crippen LogP contribution is 2.32. The number of aryl methyl sites for hydroxylation is 2. The third kappa shape index (κ3) is 2.90. The molecule has 0 radical (unpaired) electrons. The van der Waals surface area contributed by atoms with Crippen LogP contribution < -0.4 is 16.1 Å². The number of benzene rings is 2. The average Bonchev–Trinajstić information content (AvgIpc) is 3.30. The second kappa shape index (κ2) is 6.98. The van der Waals surface area contributed by atoms with Gasteiger partial charge in [0.1, 0.15) is 0 Å². The fraction of sp³-hybridized carbons (Fsp3) is 0.227. The predicted molar refractivity (Wildman–Crippen MR) is 121 cm³/mol. The number of hydrogen-bond donors (Lipinski definition) is 0. The van der Waals surface area contributed by atoms with Gasteiger partial charge in [0.25, 0.3) is 5.56 Å². The summed E-state index contributed by atoms with van der Waals surface area (Å²) in [6.45, 7) is 3.59. The van der Waals surface area contributed by atoms with Gasteiger partial charge in [0.2, 0.25) is 5.95 Å². The van der Waals surface area contributed by atoms with Gasteiger partial charge in [-0.05, 0) is 36.8 Å². The van der Waals surface area contributed by atoms with Crippen LogP contribution in [0.15, 0.2) is 62.6 Å². The zero-order chi connectivity index (χ0) is 21.0. The quantitative estimate of drug-likeness (QED) is 0.466. The molecule has 1 aliphatic rings. The molecule has 0 bridgehead atoms. The Morgan fingerprint density at radius 3 is 2.57 bits per heavy atom. The van der Waals surface area contributed by atoms with Crippen LogP contribution in [0.2, 0.25) is 0 Å². The van der Waals surface area contributed by atoms with E-state index < -0.39 is 0 Å². The van der Waals surface area contributed by atoms with Crippen LogP contribution >= 0.6 is 15.9 Å². The van der Waals surface area contributed by atoms with Crippen LogP contribution in [0.3, 0.4) is 0 Å². The standard InChI is InChI=1S/C22H20BrN5O2/c1-14-4-3-5-15(12-14)13-28-20(29)18-19(25(2)22(28)30)24-21-26(10-11-27(18)21)17-8-6-16(23)7-9-17/h3-9,12H,10-11,13H2,1-2H3. The average molecular weight is 466 g/mol. The van der Waals surface area contributed by atoms with E-state index >= 15 is 0 Å². The second-order valence-electron chi connectivity index (χ2n) is 7.59.